The zero-order valence-corrected chi connectivity index (χ0v) is 16.4. The molecular weight excluding hydrogens is 367 g/mol. The SMILES string of the molecule is CC[C@@H](C)NCc1nn(Cc2c(Cl)cccc2Cl)nc1-c1ccccc1. The number of halogens is 2. The smallest absolute Gasteiger partial charge is 0.117 e. The fraction of sp³-hybridized carbons (Fsp3) is 0.300. The van der Waals surface area contributed by atoms with Crippen LogP contribution in [0.5, 0.6) is 0 Å². The minimum Gasteiger partial charge on any atom is -0.309 e. The van der Waals surface area contributed by atoms with Crippen LogP contribution in [0.1, 0.15) is 31.5 Å². The third-order valence-corrected chi connectivity index (χ3v) is 5.07. The van der Waals surface area contributed by atoms with Crippen molar-refractivity contribution in [1.82, 2.24) is 20.3 Å². The molecule has 0 aliphatic heterocycles. The van der Waals surface area contributed by atoms with Gasteiger partial charge < -0.3 is 5.32 Å². The van der Waals surface area contributed by atoms with Crippen LogP contribution >= 0.6 is 23.2 Å². The molecule has 0 fully saturated rings. The predicted octanol–water partition coefficient (Wildman–Crippen LogP) is 5.19. The molecule has 4 nitrogen and oxygen atoms in total. The van der Waals surface area contributed by atoms with E-state index in [9.17, 15) is 0 Å². The largest absolute Gasteiger partial charge is 0.309 e. The van der Waals surface area contributed by atoms with Crippen LogP contribution in [0.3, 0.4) is 0 Å². The summed E-state index contributed by atoms with van der Waals surface area (Å²) < 4.78 is 0. The summed E-state index contributed by atoms with van der Waals surface area (Å²) in [5, 5.41) is 14.1. The molecule has 1 heterocycles. The van der Waals surface area contributed by atoms with Crippen molar-refractivity contribution in [3.05, 3.63) is 69.8 Å². The summed E-state index contributed by atoms with van der Waals surface area (Å²) in [4.78, 5) is 1.67. The van der Waals surface area contributed by atoms with Gasteiger partial charge in [0.25, 0.3) is 0 Å². The summed E-state index contributed by atoms with van der Waals surface area (Å²) in [5.74, 6) is 0. The summed E-state index contributed by atoms with van der Waals surface area (Å²) in [6.07, 6.45) is 1.06. The van der Waals surface area contributed by atoms with Gasteiger partial charge in [-0.15, -0.1) is 0 Å². The van der Waals surface area contributed by atoms with Crippen LogP contribution in [0.25, 0.3) is 11.3 Å². The molecule has 1 N–H and O–H groups in total. The van der Waals surface area contributed by atoms with Gasteiger partial charge in [0.15, 0.2) is 0 Å². The second-order valence-electron chi connectivity index (χ2n) is 6.28. The monoisotopic (exact) mass is 388 g/mol. The Morgan fingerprint density at radius 2 is 1.69 bits per heavy atom. The molecular formula is C20H22Cl2N4. The van der Waals surface area contributed by atoms with Gasteiger partial charge in [-0.05, 0) is 25.5 Å². The number of hydrogen-bond donors (Lipinski definition) is 1. The Balaban J connectivity index is 1.93. The first-order valence-corrected chi connectivity index (χ1v) is 9.49. The van der Waals surface area contributed by atoms with Crippen LogP contribution in [0.4, 0.5) is 0 Å². The lowest BCUT2D eigenvalue weighted by Gasteiger charge is -2.10. The summed E-state index contributed by atoms with van der Waals surface area (Å²) >= 11 is 12.6. The van der Waals surface area contributed by atoms with Gasteiger partial charge in [0, 0.05) is 33.8 Å². The predicted molar refractivity (Wildman–Crippen MR) is 108 cm³/mol. The van der Waals surface area contributed by atoms with Crippen LogP contribution < -0.4 is 5.32 Å². The Kier molecular flexibility index (Phi) is 6.30. The summed E-state index contributed by atoms with van der Waals surface area (Å²) in [6, 6.07) is 16.0. The van der Waals surface area contributed by atoms with E-state index in [1.54, 1.807) is 4.80 Å². The lowest BCUT2D eigenvalue weighted by molar-refractivity contribution is 0.520. The van der Waals surface area contributed by atoms with Crippen molar-refractivity contribution in [1.29, 1.82) is 0 Å². The number of nitrogens with zero attached hydrogens (tertiary/aromatic N) is 3. The minimum absolute atomic E-state index is 0.418. The Bertz CT molecular complexity index is 841. The first-order valence-electron chi connectivity index (χ1n) is 8.74. The van der Waals surface area contributed by atoms with Gasteiger partial charge >= 0.3 is 0 Å². The molecule has 0 spiro atoms. The highest BCUT2D eigenvalue weighted by molar-refractivity contribution is 6.35. The van der Waals surface area contributed by atoms with Crippen LogP contribution in [-0.2, 0) is 13.1 Å². The molecule has 3 rings (SSSR count). The standard InChI is InChI=1S/C20H22Cl2N4/c1-3-14(2)23-12-19-20(15-8-5-4-6-9-15)25-26(24-19)13-16-17(21)10-7-11-18(16)22/h4-11,14,23H,3,12-13H2,1-2H3/t14-/m1/s1. The van der Waals surface area contributed by atoms with Gasteiger partial charge in [0.05, 0.1) is 6.54 Å². The molecule has 2 aromatic carbocycles. The van der Waals surface area contributed by atoms with Crippen LogP contribution in [0.15, 0.2) is 48.5 Å². The molecule has 26 heavy (non-hydrogen) atoms. The third-order valence-electron chi connectivity index (χ3n) is 4.36. The quantitative estimate of drug-likeness (QED) is 0.605. The van der Waals surface area contributed by atoms with Gasteiger partial charge in [-0.25, -0.2) is 0 Å². The number of nitrogens with one attached hydrogen (secondary N) is 1. The molecule has 1 aromatic heterocycles. The van der Waals surface area contributed by atoms with Gasteiger partial charge in [-0.3, -0.25) is 0 Å². The van der Waals surface area contributed by atoms with E-state index in [0.29, 0.717) is 29.2 Å². The van der Waals surface area contributed by atoms with Crippen LogP contribution in [0.2, 0.25) is 10.0 Å². The van der Waals surface area contributed by atoms with Crippen molar-refractivity contribution in [3.8, 4) is 11.3 Å². The van der Waals surface area contributed by atoms with Crippen molar-refractivity contribution in [2.45, 2.75) is 39.4 Å². The van der Waals surface area contributed by atoms with Gasteiger partial charge in [-0.2, -0.15) is 15.0 Å². The van der Waals surface area contributed by atoms with Crippen molar-refractivity contribution in [2.75, 3.05) is 0 Å². The van der Waals surface area contributed by atoms with E-state index in [1.807, 2.05) is 48.5 Å². The molecule has 3 aromatic rings. The Morgan fingerprint density at radius 1 is 1.00 bits per heavy atom. The van der Waals surface area contributed by atoms with Crippen molar-refractivity contribution in [3.63, 3.8) is 0 Å². The van der Waals surface area contributed by atoms with E-state index < -0.39 is 0 Å². The topological polar surface area (TPSA) is 42.7 Å². The third kappa shape index (κ3) is 4.44. The maximum Gasteiger partial charge on any atom is 0.117 e. The van der Waals surface area contributed by atoms with Crippen molar-refractivity contribution < 1.29 is 0 Å². The molecule has 1 atom stereocenters. The lowest BCUT2D eigenvalue weighted by Crippen LogP contribution is -2.25. The molecule has 136 valence electrons. The molecule has 0 radical (unpaired) electrons. The highest BCUT2D eigenvalue weighted by Crippen LogP contribution is 2.26. The summed E-state index contributed by atoms with van der Waals surface area (Å²) in [6.45, 7) is 5.42. The van der Waals surface area contributed by atoms with E-state index in [-0.39, 0.29) is 0 Å². The van der Waals surface area contributed by atoms with Gasteiger partial charge in [0.2, 0.25) is 0 Å². The van der Waals surface area contributed by atoms with Gasteiger partial charge in [-0.1, -0.05) is 66.5 Å². The molecule has 0 bridgehead atoms. The van der Waals surface area contributed by atoms with E-state index in [4.69, 9.17) is 33.4 Å². The zero-order chi connectivity index (χ0) is 18.5. The molecule has 0 saturated heterocycles. The van der Waals surface area contributed by atoms with Crippen molar-refractivity contribution in [2.24, 2.45) is 0 Å². The summed E-state index contributed by atoms with van der Waals surface area (Å²) in [7, 11) is 0. The highest BCUT2D eigenvalue weighted by Gasteiger charge is 2.15. The lowest BCUT2D eigenvalue weighted by atomic mass is 10.1. The molecule has 0 aliphatic rings. The Labute approximate surface area is 164 Å². The number of aromatic nitrogens is 3. The first kappa shape index (κ1) is 18.9. The van der Waals surface area contributed by atoms with E-state index in [1.165, 1.54) is 0 Å². The van der Waals surface area contributed by atoms with E-state index in [2.05, 4.69) is 19.2 Å². The normalized spacial score (nSPS) is 12.3. The fourth-order valence-corrected chi connectivity index (χ4v) is 3.15. The van der Waals surface area contributed by atoms with Crippen molar-refractivity contribution >= 4 is 23.2 Å². The second-order valence-corrected chi connectivity index (χ2v) is 7.10. The van der Waals surface area contributed by atoms with E-state index >= 15 is 0 Å². The number of rotatable bonds is 7. The Hall–Kier alpha value is -1.88. The summed E-state index contributed by atoms with van der Waals surface area (Å²) in [5.41, 5.74) is 3.67. The molecule has 0 aliphatic carbocycles. The molecule has 6 heteroatoms. The first-order chi connectivity index (χ1) is 12.6. The maximum absolute atomic E-state index is 6.30. The number of hydrogen-bond acceptors (Lipinski definition) is 3. The average molecular weight is 389 g/mol. The van der Waals surface area contributed by atoms with E-state index in [0.717, 1.165) is 28.9 Å². The van der Waals surface area contributed by atoms with Crippen LogP contribution in [0, 0.1) is 0 Å². The molecule has 0 saturated carbocycles. The molecule has 0 amide bonds. The average Bonchev–Trinajstić information content (AvgIpc) is 3.06. The number of benzene rings is 2. The second kappa shape index (κ2) is 8.67. The molecule has 0 unspecified atom stereocenters. The van der Waals surface area contributed by atoms with Crippen LogP contribution in [-0.4, -0.2) is 21.0 Å². The highest BCUT2D eigenvalue weighted by atomic mass is 35.5. The fourth-order valence-electron chi connectivity index (χ4n) is 2.63. The van der Waals surface area contributed by atoms with Gasteiger partial charge in [0.1, 0.15) is 11.4 Å². The Morgan fingerprint density at radius 3 is 2.35 bits per heavy atom. The minimum atomic E-state index is 0.418. The zero-order valence-electron chi connectivity index (χ0n) is 14.9. The maximum atomic E-state index is 6.30.